The number of anilines is 1. The highest BCUT2D eigenvalue weighted by molar-refractivity contribution is 5.97. The Morgan fingerprint density at radius 2 is 1.71 bits per heavy atom. The smallest absolute Gasteiger partial charge is 0.338 e. The van der Waals surface area contributed by atoms with Crippen LogP contribution in [0.1, 0.15) is 34.3 Å². The molecule has 1 aliphatic rings. The SMILES string of the molecule is COC(=O)c1cccc(NC(=O)C2CCN(Cc3cccc4ccccc34)CC2)c1C. The lowest BCUT2D eigenvalue weighted by Gasteiger charge is -2.31. The fourth-order valence-electron chi connectivity index (χ4n) is 4.36. The Morgan fingerprint density at radius 3 is 2.48 bits per heavy atom. The zero-order valence-electron chi connectivity index (χ0n) is 18.1. The van der Waals surface area contributed by atoms with Crippen LogP contribution in [-0.4, -0.2) is 37.0 Å². The van der Waals surface area contributed by atoms with Crippen LogP contribution in [0.3, 0.4) is 0 Å². The van der Waals surface area contributed by atoms with Gasteiger partial charge in [-0.25, -0.2) is 4.79 Å². The number of nitrogens with zero attached hydrogens (tertiary/aromatic N) is 1. The van der Waals surface area contributed by atoms with Crippen molar-refractivity contribution in [1.82, 2.24) is 4.90 Å². The molecule has 0 aromatic heterocycles. The molecule has 0 atom stereocenters. The number of ether oxygens (including phenoxy) is 1. The van der Waals surface area contributed by atoms with Gasteiger partial charge in [-0.3, -0.25) is 9.69 Å². The fraction of sp³-hybridized carbons (Fsp3) is 0.308. The van der Waals surface area contributed by atoms with Gasteiger partial charge in [0, 0.05) is 18.2 Å². The summed E-state index contributed by atoms with van der Waals surface area (Å²) in [6.45, 7) is 4.51. The summed E-state index contributed by atoms with van der Waals surface area (Å²) < 4.78 is 4.82. The molecule has 0 saturated carbocycles. The Morgan fingerprint density at radius 1 is 1.00 bits per heavy atom. The van der Waals surface area contributed by atoms with E-state index in [4.69, 9.17) is 4.74 Å². The normalized spacial score (nSPS) is 15.0. The van der Waals surface area contributed by atoms with E-state index in [9.17, 15) is 9.59 Å². The van der Waals surface area contributed by atoms with Crippen LogP contribution in [0.15, 0.2) is 60.7 Å². The molecule has 5 heteroatoms. The first kappa shape index (κ1) is 21.1. The number of carbonyl (C=O) groups excluding carboxylic acids is 2. The summed E-state index contributed by atoms with van der Waals surface area (Å²) in [5.41, 5.74) is 3.21. The number of esters is 1. The number of piperidine rings is 1. The predicted octanol–water partition coefficient (Wildman–Crippen LogP) is 4.79. The van der Waals surface area contributed by atoms with E-state index >= 15 is 0 Å². The summed E-state index contributed by atoms with van der Waals surface area (Å²) in [5.74, 6) is -0.393. The minimum absolute atomic E-state index is 0.0231. The minimum atomic E-state index is -0.393. The van der Waals surface area contributed by atoms with Gasteiger partial charge in [-0.1, -0.05) is 48.5 Å². The van der Waals surface area contributed by atoms with Crippen LogP contribution < -0.4 is 5.32 Å². The largest absolute Gasteiger partial charge is 0.465 e. The monoisotopic (exact) mass is 416 g/mol. The number of carbonyl (C=O) groups is 2. The van der Waals surface area contributed by atoms with Gasteiger partial charge in [0.15, 0.2) is 0 Å². The van der Waals surface area contributed by atoms with Crippen molar-refractivity contribution in [3.63, 3.8) is 0 Å². The maximum Gasteiger partial charge on any atom is 0.338 e. The standard InChI is InChI=1S/C26H28N2O3/c1-18-22(26(30)31-2)11-6-12-24(18)27-25(29)20-13-15-28(16-14-20)17-21-9-5-8-19-7-3-4-10-23(19)21/h3-12,20H,13-17H2,1-2H3,(H,27,29). The average molecular weight is 417 g/mol. The van der Waals surface area contributed by atoms with Gasteiger partial charge in [-0.15, -0.1) is 0 Å². The fourth-order valence-corrected chi connectivity index (χ4v) is 4.36. The molecule has 0 spiro atoms. The van der Waals surface area contributed by atoms with Crippen molar-refractivity contribution in [2.45, 2.75) is 26.3 Å². The zero-order valence-corrected chi connectivity index (χ0v) is 18.1. The van der Waals surface area contributed by atoms with E-state index in [2.05, 4.69) is 52.7 Å². The molecule has 1 aliphatic heterocycles. The van der Waals surface area contributed by atoms with Crippen LogP contribution in [0.25, 0.3) is 10.8 Å². The minimum Gasteiger partial charge on any atom is -0.465 e. The second kappa shape index (κ2) is 9.31. The Bertz CT molecular complexity index is 1100. The van der Waals surface area contributed by atoms with Crippen LogP contribution in [-0.2, 0) is 16.1 Å². The first-order valence-corrected chi connectivity index (χ1v) is 10.7. The first-order chi connectivity index (χ1) is 15.1. The molecule has 3 aromatic carbocycles. The zero-order chi connectivity index (χ0) is 21.8. The molecule has 1 N–H and O–H groups in total. The van der Waals surface area contributed by atoms with E-state index in [0.29, 0.717) is 11.3 Å². The summed E-state index contributed by atoms with van der Waals surface area (Å²) >= 11 is 0. The van der Waals surface area contributed by atoms with E-state index in [-0.39, 0.29) is 11.8 Å². The van der Waals surface area contributed by atoms with Crippen molar-refractivity contribution < 1.29 is 14.3 Å². The number of fused-ring (bicyclic) bond motifs is 1. The molecule has 0 unspecified atom stereocenters. The lowest BCUT2D eigenvalue weighted by Crippen LogP contribution is -2.37. The van der Waals surface area contributed by atoms with Crippen LogP contribution in [0.4, 0.5) is 5.69 Å². The van der Waals surface area contributed by atoms with E-state index in [1.165, 1.54) is 23.4 Å². The topological polar surface area (TPSA) is 58.6 Å². The summed E-state index contributed by atoms with van der Waals surface area (Å²) in [6.07, 6.45) is 1.65. The molecule has 1 fully saturated rings. The average Bonchev–Trinajstić information content (AvgIpc) is 2.80. The molecule has 1 heterocycles. The third-order valence-electron chi connectivity index (χ3n) is 6.23. The number of hydrogen-bond donors (Lipinski definition) is 1. The molecule has 0 bridgehead atoms. The van der Waals surface area contributed by atoms with Crippen LogP contribution in [0, 0.1) is 12.8 Å². The van der Waals surface area contributed by atoms with Crippen LogP contribution in [0.5, 0.6) is 0 Å². The van der Waals surface area contributed by atoms with E-state index < -0.39 is 5.97 Å². The molecule has 3 aromatic rings. The quantitative estimate of drug-likeness (QED) is 0.608. The second-order valence-corrected chi connectivity index (χ2v) is 8.15. The van der Waals surface area contributed by atoms with E-state index in [1.807, 2.05) is 13.0 Å². The van der Waals surface area contributed by atoms with Crippen molar-refractivity contribution >= 4 is 28.3 Å². The third kappa shape index (κ3) is 4.62. The Labute approximate surface area is 183 Å². The number of hydrogen-bond acceptors (Lipinski definition) is 4. The summed E-state index contributed by atoms with van der Waals surface area (Å²) in [5, 5.41) is 5.58. The van der Waals surface area contributed by atoms with Crippen molar-refractivity contribution in [2.75, 3.05) is 25.5 Å². The number of likely N-dealkylation sites (tertiary alicyclic amines) is 1. The van der Waals surface area contributed by atoms with Gasteiger partial charge in [-0.2, -0.15) is 0 Å². The van der Waals surface area contributed by atoms with Gasteiger partial charge >= 0.3 is 5.97 Å². The molecular weight excluding hydrogens is 388 g/mol. The Balaban J connectivity index is 1.37. The van der Waals surface area contributed by atoms with Gasteiger partial charge in [0.2, 0.25) is 5.91 Å². The number of benzene rings is 3. The summed E-state index contributed by atoms with van der Waals surface area (Å²) in [4.78, 5) is 27.2. The number of rotatable bonds is 5. The maximum absolute atomic E-state index is 12.9. The van der Waals surface area contributed by atoms with E-state index in [0.717, 1.165) is 38.0 Å². The van der Waals surface area contributed by atoms with E-state index in [1.54, 1.807) is 12.1 Å². The highest BCUT2D eigenvalue weighted by Gasteiger charge is 2.26. The number of methoxy groups -OCH3 is 1. The molecule has 1 amide bonds. The van der Waals surface area contributed by atoms with Gasteiger partial charge in [0.05, 0.1) is 12.7 Å². The van der Waals surface area contributed by atoms with Crippen molar-refractivity contribution in [3.8, 4) is 0 Å². The van der Waals surface area contributed by atoms with Gasteiger partial charge in [-0.05, 0) is 66.9 Å². The van der Waals surface area contributed by atoms with Gasteiger partial charge < -0.3 is 10.1 Å². The lowest BCUT2D eigenvalue weighted by atomic mass is 9.94. The molecular formula is C26H28N2O3. The second-order valence-electron chi connectivity index (χ2n) is 8.15. The van der Waals surface area contributed by atoms with Crippen LogP contribution >= 0.6 is 0 Å². The molecule has 160 valence electrons. The molecule has 4 rings (SSSR count). The Hall–Kier alpha value is -3.18. The van der Waals surface area contributed by atoms with Crippen molar-refractivity contribution in [2.24, 2.45) is 5.92 Å². The first-order valence-electron chi connectivity index (χ1n) is 10.7. The highest BCUT2D eigenvalue weighted by atomic mass is 16.5. The lowest BCUT2D eigenvalue weighted by molar-refractivity contribution is -0.121. The molecule has 0 radical (unpaired) electrons. The highest BCUT2D eigenvalue weighted by Crippen LogP contribution is 2.26. The molecule has 5 nitrogen and oxygen atoms in total. The summed E-state index contributed by atoms with van der Waals surface area (Å²) in [6, 6.07) is 20.2. The maximum atomic E-state index is 12.9. The molecule has 31 heavy (non-hydrogen) atoms. The third-order valence-corrected chi connectivity index (χ3v) is 6.23. The summed E-state index contributed by atoms with van der Waals surface area (Å²) in [7, 11) is 1.36. The number of amides is 1. The van der Waals surface area contributed by atoms with Gasteiger partial charge in [0.1, 0.15) is 0 Å². The molecule has 1 saturated heterocycles. The number of nitrogens with one attached hydrogen (secondary N) is 1. The van der Waals surface area contributed by atoms with Crippen molar-refractivity contribution in [3.05, 3.63) is 77.4 Å². The van der Waals surface area contributed by atoms with Crippen LogP contribution in [0.2, 0.25) is 0 Å². The van der Waals surface area contributed by atoms with Gasteiger partial charge in [0.25, 0.3) is 0 Å². The molecule has 0 aliphatic carbocycles. The van der Waals surface area contributed by atoms with Crippen molar-refractivity contribution in [1.29, 1.82) is 0 Å². The predicted molar refractivity (Wildman–Crippen MR) is 123 cm³/mol. The Kier molecular flexibility index (Phi) is 6.33.